The van der Waals surface area contributed by atoms with Gasteiger partial charge in [0.1, 0.15) is 0 Å². The Labute approximate surface area is 191 Å². The maximum atomic E-state index is 15.5. The van der Waals surface area contributed by atoms with Crippen LogP contribution in [-0.2, 0) is 17.6 Å². The maximum absolute atomic E-state index is 15.5. The molecule has 172 valence electrons. The highest BCUT2D eigenvalue weighted by Gasteiger charge is 2.33. The third-order valence-corrected chi connectivity index (χ3v) is 6.53. The van der Waals surface area contributed by atoms with E-state index in [1.54, 1.807) is 45.0 Å². The van der Waals surface area contributed by atoms with Crippen molar-refractivity contribution in [3.63, 3.8) is 0 Å². The lowest BCUT2D eigenvalue weighted by Crippen LogP contribution is -2.34. The number of anilines is 1. The van der Waals surface area contributed by atoms with Crippen molar-refractivity contribution in [1.82, 2.24) is 4.98 Å². The summed E-state index contributed by atoms with van der Waals surface area (Å²) in [6.07, 6.45) is 2.05. The SMILES string of the molecule is C=C(C)C(=O)Nc1cccc(-c2ccc(C(N)=O)c3[nH]c4c(c23)CCC(C(C)(C)O)C4)c1F. The van der Waals surface area contributed by atoms with Crippen molar-refractivity contribution in [3.05, 3.63) is 65.1 Å². The van der Waals surface area contributed by atoms with Crippen LogP contribution in [-0.4, -0.2) is 27.5 Å². The molecular formula is C26H28FN3O3. The first kappa shape index (κ1) is 22.7. The summed E-state index contributed by atoms with van der Waals surface area (Å²) < 4.78 is 15.5. The second kappa shape index (κ2) is 8.15. The molecule has 2 amide bonds. The lowest BCUT2D eigenvalue weighted by Gasteiger charge is -2.32. The van der Waals surface area contributed by atoms with Gasteiger partial charge in [0.15, 0.2) is 5.82 Å². The fraction of sp³-hybridized carbons (Fsp3) is 0.308. The van der Waals surface area contributed by atoms with Crippen LogP contribution in [0.4, 0.5) is 10.1 Å². The minimum Gasteiger partial charge on any atom is -0.390 e. The van der Waals surface area contributed by atoms with E-state index in [1.807, 2.05) is 0 Å². The predicted molar refractivity (Wildman–Crippen MR) is 127 cm³/mol. The first-order valence-electron chi connectivity index (χ1n) is 10.9. The number of amides is 2. The zero-order valence-electron chi connectivity index (χ0n) is 19.0. The number of aromatic amines is 1. The molecule has 0 bridgehead atoms. The highest BCUT2D eigenvalue weighted by molar-refractivity contribution is 6.11. The molecule has 0 saturated carbocycles. The Morgan fingerprint density at radius 2 is 1.97 bits per heavy atom. The van der Waals surface area contributed by atoms with Gasteiger partial charge in [0.05, 0.1) is 22.4 Å². The molecule has 6 nitrogen and oxygen atoms in total. The summed E-state index contributed by atoms with van der Waals surface area (Å²) in [5.74, 6) is -1.56. The van der Waals surface area contributed by atoms with E-state index in [1.165, 1.54) is 6.07 Å². The smallest absolute Gasteiger partial charge is 0.250 e. The fourth-order valence-electron chi connectivity index (χ4n) is 4.64. The standard InChI is InChI=1S/C26H28FN3O3/c1-13(2)25(32)30-19-7-5-6-16(22(19)27)15-10-11-18(24(28)31)23-21(15)17-9-8-14(26(3,4)33)12-20(17)29-23/h5-7,10-11,14,29,33H,1,8-9,12H2,2-4H3,(H2,28,31)(H,30,32). The number of carbonyl (C=O) groups is 2. The molecule has 1 unspecified atom stereocenters. The average Bonchev–Trinajstić information content (AvgIpc) is 3.12. The van der Waals surface area contributed by atoms with Gasteiger partial charge in [-0.25, -0.2) is 4.39 Å². The molecule has 1 atom stereocenters. The van der Waals surface area contributed by atoms with E-state index < -0.39 is 23.2 Å². The van der Waals surface area contributed by atoms with E-state index in [0.717, 1.165) is 23.1 Å². The van der Waals surface area contributed by atoms with Crippen molar-refractivity contribution >= 4 is 28.4 Å². The number of carbonyl (C=O) groups excluding carboxylic acids is 2. The van der Waals surface area contributed by atoms with Crippen molar-refractivity contribution in [1.29, 1.82) is 0 Å². The molecule has 0 aliphatic heterocycles. The fourth-order valence-corrected chi connectivity index (χ4v) is 4.64. The lowest BCUT2D eigenvalue weighted by molar-refractivity contribution is -0.112. The molecule has 33 heavy (non-hydrogen) atoms. The van der Waals surface area contributed by atoms with Crippen LogP contribution in [0.2, 0.25) is 0 Å². The van der Waals surface area contributed by atoms with Gasteiger partial charge in [-0.1, -0.05) is 24.8 Å². The Balaban J connectivity index is 1.91. The maximum Gasteiger partial charge on any atom is 0.250 e. The summed E-state index contributed by atoms with van der Waals surface area (Å²) in [4.78, 5) is 27.5. The molecule has 0 fully saturated rings. The number of H-pyrrole nitrogens is 1. The van der Waals surface area contributed by atoms with Crippen molar-refractivity contribution in [2.45, 2.75) is 45.6 Å². The first-order chi connectivity index (χ1) is 15.5. The van der Waals surface area contributed by atoms with Gasteiger partial charge < -0.3 is 21.1 Å². The zero-order valence-corrected chi connectivity index (χ0v) is 19.0. The third-order valence-electron chi connectivity index (χ3n) is 6.53. The second-order valence-electron chi connectivity index (χ2n) is 9.35. The van der Waals surface area contributed by atoms with Crippen molar-refractivity contribution in [2.75, 3.05) is 5.32 Å². The summed E-state index contributed by atoms with van der Waals surface area (Å²) in [7, 11) is 0. The third kappa shape index (κ3) is 4.04. The number of halogens is 1. The van der Waals surface area contributed by atoms with Crippen molar-refractivity contribution in [3.8, 4) is 11.1 Å². The molecule has 4 rings (SSSR count). The summed E-state index contributed by atoms with van der Waals surface area (Å²) in [5.41, 5.74) is 8.85. The lowest BCUT2D eigenvalue weighted by atomic mass is 9.77. The molecule has 7 heteroatoms. The predicted octanol–water partition coefficient (Wildman–Crippen LogP) is 4.46. The molecule has 5 N–H and O–H groups in total. The van der Waals surface area contributed by atoms with Crippen LogP contribution in [0, 0.1) is 11.7 Å². The number of rotatable bonds is 5. The van der Waals surface area contributed by atoms with E-state index in [-0.39, 0.29) is 17.2 Å². The molecule has 1 aliphatic carbocycles. The number of hydrogen-bond donors (Lipinski definition) is 4. The Kier molecular flexibility index (Phi) is 5.62. The molecule has 1 heterocycles. The molecule has 1 aliphatic rings. The highest BCUT2D eigenvalue weighted by Crippen LogP contribution is 2.42. The Hall–Kier alpha value is -3.45. The monoisotopic (exact) mass is 449 g/mol. The number of aliphatic hydroxyl groups is 1. The van der Waals surface area contributed by atoms with Crippen molar-refractivity contribution < 1.29 is 19.1 Å². The Morgan fingerprint density at radius 3 is 2.61 bits per heavy atom. The van der Waals surface area contributed by atoms with Crippen LogP contribution in [0.3, 0.4) is 0 Å². The van der Waals surface area contributed by atoms with Gasteiger partial charge >= 0.3 is 0 Å². The molecular weight excluding hydrogens is 421 g/mol. The van der Waals surface area contributed by atoms with Crippen molar-refractivity contribution in [2.24, 2.45) is 11.7 Å². The van der Waals surface area contributed by atoms with Crippen LogP contribution < -0.4 is 11.1 Å². The topological polar surface area (TPSA) is 108 Å². The van der Waals surface area contributed by atoms with Crippen LogP contribution in [0.5, 0.6) is 0 Å². The summed E-state index contributed by atoms with van der Waals surface area (Å²) in [6.45, 7) is 8.74. The first-order valence-corrected chi connectivity index (χ1v) is 10.9. The Morgan fingerprint density at radius 1 is 1.24 bits per heavy atom. The van der Waals surface area contributed by atoms with Crippen LogP contribution in [0.15, 0.2) is 42.5 Å². The molecule has 1 aromatic heterocycles. The van der Waals surface area contributed by atoms with Gasteiger partial charge in [-0.2, -0.15) is 0 Å². The largest absolute Gasteiger partial charge is 0.390 e. The van der Waals surface area contributed by atoms with Gasteiger partial charge in [0, 0.05) is 22.2 Å². The summed E-state index contributed by atoms with van der Waals surface area (Å²) >= 11 is 0. The molecule has 0 saturated heterocycles. The van der Waals surface area contributed by atoms with E-state index >= 15 is 4.39 Å². The number of nitrogens with one attached hydrogen (secondary N) is 2. The number of benzene rings is 2. The average molecular weight is 450 g/mol. The number of hydrogen-bond acceptors (Lipinski definition) is 3. The quantitative estimate of drug-likeness (QED) is 0.432. The van der Waals surface area contributed by atoms with Gasteiger partial charge in [-0.3, -0.25) is 9.59 Å². The molecule has 0 spiro atoms. The summed E-state index contributed by atoms with van der Waals surface area (Å²) in [6, 6.07) is 8.10. The number of primary amides is 1. The van der Waals surface area contributed by atoms with Crippen LogP contribution in [0.1, 0.15) is 48.8 Å². The van der Waals surface area contributed by atoms with Crippen LogP contribution >= 0.6 is 0 Å². The number of fused-ring (bicyclic) bond motifs is 3. The number of aryl methyl sites for hydroxylation is 1. The van der Waals surface area contributed by atoms with E-state index in [4.69, 9.17) is 5.73 Å². The molecule has 3 aromatic rings. The zero-order chi connectivity index (χ0) is 24.1. The minimum atomic E-state index is -0.841. The normalized spacial score (nSPS) is 15.8. The van der Waals surface area contributed by atoms with Gasteiger partial charge in [0.25, 0.3) is 11.8 Å². The van der Waals surface area contributed by atoms with E-state index in [0.29, 0.717) is 35.0 Å². The number of nitrogens with two attached hydrogens (primary N) is 1. The highest BCUT2D eigenvalue weighted by atomic mass is 19.1. The minimum absolute atomic E-state index is 0.0518. The summed E-state index contributed by atoms with van der Waals surface area (Å²) in [5, 5.41) is 13.8. The van der Waals surface area contributed by atoms with E-state index in [9.17, 15) is 14.7 Å². The number of aromatic nitrogens is 1. The Bertz CT molecular complexity index is 1300. The molecule has 2 aromatic carbocycles. The molecule has 0 radical (unpaired) electrons. The second-order valence-corrected chi connectivity index (χ2v) is 9.35. The van der Waals surface area contributed by atoms with Gasteiger partial charge in [-0.15, -0.1) is 0 Å². The van der Waals surface area contributed by atoms with Crippen LogP contribution in [0.25, 0.3) is 22.0 Å². The van der Waals surface area contributed by atoms with Gasteiger partial charge in [-0.05, 0) is 69.2 Å². The van der Waals surface area contributed by atoms with Gasteiger partial charge in [0.2, 0.25) is 0 Å². The van der Waals surface area contributed by atoms with E-state index in [2.05, 4.69) is 16.9 Å².